The molecule has 0 aromatic heterocycles. The van der Waals surface area contributed by atoms with Gasteiger partial charge in [0.15, 0.2) is 5.90 Å². The fraction of sp³-hybridized carbons (Fsp3) is 0.900. The topological polar surface area (TPSA) is 33.1 Å². The molecule has 0 bridgehead atoms. The van der Waals surface area contributed by atoms with Gasteiger partial charge in [0.25, 0.3) is 0 Å². The highest BCUT2D eigenvalue weighted by Gasteiger charge is 2.27. The van der Waals surface area contributed by atoms with Crippen molar-refractivity contribution in [1.29, 1.82) is 5.41 Å². The monoisotopic (exact) mass is 169 g/mol. The summed E-state index contributed by atoms with van der Waals surface area (Å²) in [5.74, 6) is 1.79. The first kappa shape index (κ1) is 9.56. The molecule has 0 heterocycles. The molecule has 0 saturated heterocycles. The van der Waals surface area contributed by atoms with Gasteiger partial charge in [-0.25, -0.2) is 0 Å². The van der Waals surface area contributed by atoms with E-state index in [4.69, 9.17) is 10.1 Å². The molecule has 1 rings (SSSR count). The van der Waals surface area contributed by atoms with E-state index >= 15 is 0 Å². The van der Waals surface area contributed by atoms with Crippen molar-refractivity contribution in [1.82, 2.24) is 0 Å². The molecule has 1 fully saturated rings. The Bertz CT molecular complexity index is 156. The summed E-state index contributed by atoms with van der Waals surface area (Å²) < 4.78 is 5.20. The number of nitrogens with one attached hydrogen (secondary N) is 1. The van der Waals surface area contributed by atoms with E-state index in [2.05, 4.69) is 6.92 Å². The predicted octanol–water partition coefficient (Wildman–Crippen LogP) is 2.83. The Kier molecular flexibility index (Phi) is 3.57. The Labute approximate surface area is 74.8 Å². The Hall–Kier alpha value is -0.530. The van der Waals surface area contributed by atoms with Crippen LogP contribution in [0.5, 0.6) is 0 Å². The Morgan fingerprint density at radius 3 is 2.67 bits per heavy atom. The van der Waals surface area contributed by atoms with Crippen LogP contribution in [0.4, 0.5) is 0 Å². The molecule has 2 unspecified atom stereocenters. The Morgan fingerprint density at radius 1 is 1.42 bits per heavy atom. The van der Waals surface area contributed by atoms with Gasteiger partial charge in [0, 0.05) is 5.92 Å². The molecule has 0 aromatic rings. The van der Waals surface area contributed by atoms with Gasteiger partial charge in [-0.15, -0.1) is 0 Å². The third kappa shape index (κ3) is 2.23. The van der Waals surface area contributed by atoms with E-state index in [0.29, 0.717) is 18.4 Å². The van der Waals surface area contributed by atoms with Gasteiger partial charge in [-0.05, 0) is 32.1 Å². The smallest absolute Gasteiger partial charge is 0.183 e. The van der Waals surface area contributed by atoms with Crippen LogP contribution < -0.4 is 0 Å². The molecular weight excluding hydrogens is 150 g/mol. The van der Waals surface area contributed by atoms with Crippen LogP contribution in [0.1, 0.15) is 39.5 Å². The fourth-order valence-electron chi connectivity index (χ4n) is 1.96. The lowest BCUT2D eigenvalue weighted by atomic mass is 10.0. The average molecular weight is 169 g/mol. The maximum Gasteiger partial charge on any atom is 0.183 e. The molecule has 1 aliphatic rings. The van der Waals surface area contributed by atoms with E-state index in [9.17, 15) is 0 Å². The molecule has 0 radical (unpaired) electrons. The van der Waals surface area contributed by atoms with Crippen LogP contribution >= 0.6 is 0 Å². The third-order valence-electron chi connectivity index (χ3n) is 2.79. The normalized spacial score (nSPS) is 28.8. The molecule has 0 amide bonds. The highest BCUT2D eigenvalue weighted by molar-refractivity contribution is 5.75. The first-order valence-corrected chi connectivity index (χ1v) is 4.99. The lowest BCUT2D eigenvalue weighted by Crippen LogP contribution is -2.14. The summed E-state index contributed by atoms with van der Waals surface area (Å²) in [5.41, 5.74) is 0. The van der Waals surface area contributed by atoms with E-state index < -0.39 is 0 Å². The van der Waals surface area contributed by atoms with E-state index in [-0.39, 0.29) is 0 Å². The molecule has 1 N–H and O–H groups in total. The van der Waals surface area contributed by atoms with E-state index in [1.807, 2.05) is 6.92 Å². The number of ether oxygens (including phenoxy) is 1. The Balaban J connectivity index is 2.31. The zero-order valence-corrected chi connectivity index (χ0v) is 8.10. The molecule has 12 heavy (non-hydrogen) atoms. The van der Waals surface area contributed by atoms with Gasteiger partial charge in [0.05, 0.1) is 6.61 Å². The second-order valence-corrected chi connectivity index (χ2v) is 3.58. The summed E-state index contributed by atoms with van der Waals surface area (Å²) in [7, 11) is 0. The number of hydrogen-bond donors (Lipinski definition) is 1. The molecule has 0 spiro atoms. The lowest BCUT2D eigenvalue weighted by molar-refractivity contribution is 0.295. The first-order valence-electron chi connectivity index (χ1n) is 4.99. The van der Waals surface area contributed by atoms with Crippen LogP contribution in [0.2, 0.25) is 0 Å². The average Bonchev–Trinajstić information content (AvgIpc) is 2.52. The largest absolute Gasteiger partial charge is 0.481 e. The van der Waals surface area contributed by atoms with E-state index in [1.54, 1.807) is 0 Å². The quantitative estimate of drug-likeness (QED) is 0.511. The van der Waals surface area contributed by atoms with Crippen LogP contribution in [0.25, 0.3) is 0 Å². The zero-order valence-electron chi connectivity index (χ0n) is 8.10. The summed E-state index contributed by atoms with van der Waals surface area (Å²) in [6, 6.07) is 0. The van der Waals surface area contributed by atoms with Crippen LogP contribution in [-0.2, 0) is 4.74 Å². The van der Waals surface area contributed by atoms with Gasteiger partial charge in [0.2, 0.25) is 0 Å². The molecule has 2 nitrogen and oxygen atoms in total. The highest BCUT2D eigenvalue weighted by atomic mass is 16.5. The number of rotatable bonds is 3. The maximum atomic E-state index is 7.63. The van der Waals surface area contributed by atoms with Crippen molar-refractivity contribution in [2.24, 2.45) is 11.8 Å². The second kappa shape index (κ2) is 4.48. The van der Waals surface area contributed by atoms with Crippen molar-refractivity contribution in [2.75, 3.05) is 6.61 Å². The van der Waals surface area contributed by atoms with Crippen LogP contribution in [-0.4, -0.2) is 12.5 Å². The molecule has 70 valence electrons. The molecule has 1 aliphatic carbocycles. The van der Waals surface area contributed by atoms with Crippen LogP contribution in [0.3, 0.4) is 0 Å². The number of hydrogen-bond acceptors (Lipinski definition) is 2. The van der Waals surface area contributed by atoms with Crippen molar-refractivity contribution < 1.29 is 4.74 Å². The second-order valence-electron chi connectivity index (χ2n) is 3.58. The maximum absolute atomic E-state index is 7.63. The van der Waals surface area contributed by atoms with E-state index in [0.717, 1.165) is 12.3 Å². The third-order valence-corrected chi connectivity index (χ3v) is 2.79. The highest BCUT2D eigenvalue weighted by Crippen LogP contribution is 2.33. The molecular formula is C10H19NO. The molecule has 2 atom stereocenters. The zero-order chi connectivity index (χ0) is 8.97. The SMILES string of the molecule is CCOC(=N)C1CCC(CC)C1. The Morgan fingerprint density at radius 2 is 2.17 bits per heavy atom. The van der Waals surface area contributed by atoms with Gasteiger partial charge in [-0.3, -0.25) is 5.41 Å². The molecule has 0 aromatic carbocycles. The van der Waals surface area contributed by atoms with Crippen molar-refractivity contribution in [3.05, 3.63) is 0 Å². The van der Waals surface area contributed by atoms with Crippen molar-refractivity contribution in [3.8, 4) is 0 Å². The molecule has 2 heteroatoms. The van der Waals surface area contributed by atoms with Gasteiger partial charge >= 0.3 is 0 Å². The standard InChI is InChI=1S/C10H19NO/c1-3-8-5-6-9(7-8)10(11)12-4-2/h8-9,11H,3-7H2,1-2H3. The lowest BCUT2D eigenvalue weighted by Gasteiger charge is -2.11. The summed E-state index contributed by atoms with van der Waals surface area (Å²) in [6.45, 7) is 4.82. The van der Waals surface area contributed by atoms with Crippen LogP contribution in [0.15, 0.2) is 0 Å². The van der Waals surface area contributed by atoms with Crippen molar-refractivity contribution in [2.45, 2.75) is 39.5 Å². The predicted molar refractivity (Wildman–Crippen MR) is 50.5 cm³/mol. The molecule has 0 aliphatic heterocycles. The minimum atomic E-state index is 0.426. The summed E-state index contributed by atoms with van der Waals surface area (Å²) in [5, 5.41) is 7.63. The first-order chi connectivity index (χ1) is 5.77. The van der Waals surface area contributed by atoms with Gasteiger partial charge in [-0.2, -0.15) is 0 Å². The van der Waals surface area contributed by atoms with Crippen molar-refractivity contribution in [3.63, 3.8) is 0 Å². The van der Waals surface area contributed by atoms with Crippen LogP contribution in [0, 0.1) is 17.2 Å². The summed E-state index contributed by atoms with van der Waals surface area (Å²) >= 11 is 0. The van der Waals surface area contributed by atoms with Gasteiger partial charge in [0.1, 0.15) is 0 Å². The van der Waals surface area contributed by atoms with Gasteiger partial charge in [-0.1, -0.05) is 13.3 Å². The fourth-order valence-corrected chi connectivity index (χ4v) is 1.96. The van der Waals surface area contributed by atoms with Gasteiger partial charge < -0.3 is 4.74 Å². The molecule has 1 saturated carbocycles. The minimum Gasteiger partial charge on any atom is -0.481 e. The van der Waals surface area contributed by atoms with E-state index in [1.165, 1.54) is 19.3 Å². The summed E-state index contributed by atoms with van der Waals surface area (Å²) in [4.78, 5) is 0. The summed E-state index contributed by atoms with van der Waals surface area (Å²) in [6.07, 6.45) is 4.89. The van der Waals surface area contributed by atoms with Crippen molar-refractivity contribution >= 4 is 5.90 Å². The minimum absolute atomic E-state index is 0.426.